The first kappa shape index (κ1) is 21.8. The van der Waals surface area contributed by atoms with Gasteiger partial charge in [-0.25, -0.2) is 9.37 Å². The van der Waals surface area contributed by atoms with Gasteiger partial charge in [0.05, 0.1) is 17.1 Å². The maximum Gasteiger partial charge on any atom is 0.272 e. The topological polar surface area (TPSA) is 82.2 Å². The molecule has 0 aliphatic carbocycles. The average molecular weight is 474 g/mol. The Labute approximate surface area is 198 Å². The molecule has 1 saturated heterocycles. The van der Waals surface area contributed by atoms with Crippen LogP contribution in [0.3, 0.4) is 0 Å². The molecular formula is C25H20FN5O2S. The van der Waals surface area contributed by atoms with Gasteiger partial charge in [0.25, 0.3) is 11.5 Å². The molecule has 34 heavy (non-hydrogen) atoms. The summed E-state index contributed by atoms with van der Waals surface area (Å²) in [6, 6.07) is 15.4. The van der Waals surface area contributed by atoms with Crippen LogP contribution in [0.25, 0.3) is 11.0 Å². The van der Waals surface area contributed by atoms with Crippen LogP contribution < -0.4 is 10.5 Å². The first-order chi connectivity index (χ1) is 16.6. The van der Waals surface area contributed by atoms with E-state index < -0.39 is 11.4 Å². The van der Waals surface area contributed by atoms with Crippen LogP contribution in [0.5, 0.6) is 0 Å². The molecule has 3 aromatic heterocycles. The Hall–Kier alpha value is -4.03. The quantitative estimate of drug-likeness (QED) is 0.453. The maximum atomic E-state index is 13.7. The summed E-state index contributed by atoms with van der Waals surface area (Å²) in [5, 5.41) is 12.5. The number of carbonyl (C=O) groups is 1. The molecule has 7 nitrogen and oxygen atoms in total. The van der Waals surface area contributed by atoms with Crippen molar-refractivity contribution in [1.29, 1.82) is 5.26 Å². The molecule has 0 unspecified atom stereocenters. The molecule has 1 amide bonds. The predicted molar refractivity (Wildman–Crippen MR) is 129 cm³/mol. The molecule has 4 heterocycles. The standard InChI is InChI=1S/C25H20FN5O2S/c26-18-5-1-4-17(14-18)16-31-23-19(6-2-8-28-23)22(20(15-27)24(31)32)29-9-11-30(12-10-29)25(33)21-7-3-13-34-21/h1-8,13-14H,9-12,16H2. The van der Waals surface area contributed by atoms with E-state index in [1.165, 1.54) is 28.0 Å². The normalized spacial score (nSPS) is 13.8. The van der Waals surface area contributed by atoms with E-state index in [9.17, 15) is 19.2 Å². The number of piperazine rings is 1. The second kappa shape index (κ2) is 9.08. The van der Waals surface area contributed by atoms with E-state index >= 15 is 0 Å². The van der Waals surface area contributed by atoms with Gasteiger partial charge >= 0.3 is 0 Å². The zero-order valence-electron chi connectivity index (χ0n) is 18.1. The van der Waals surface area contributed by atoms with E-state index in [2.05, 4.69) is 11.1 Å². The number of carbonyl (C=O) groups excluding carboxylic acids is 1. The smallest absolute Gasteiger partial charge is 0.272 e. The number of aromatic nitrogens is 2. The number of hydrogen-bond donors (Lipinski definition) is 0. The molecule has 0 saturated carbocycles. The number of thiophene rings is 1. The first-order valence-electron chi connectivity index (χ1n) is 10.8. The Bertz CT molecular complexity index is 1470. The van der Waals surface area contributed by atoms with Crippen LogP contribution in [0.2, 0.25) is 0 Å². The lowest BCUT2D eigenvalue weighted by atomic mass is 10.1. The number of amides is 1. The summed E-state index contributed by atoms with van der Waals surface area (Å²) >= 11 is 1.41. The molecule has 0 atom stereocenters. The minimum atomic E-state index is -0.468. The van der Waals surface area contributed by atoms with Crippen molar-refractivity contribution in [3.05, 3.63) is 92.3 Å². The molecule has 0 spiro atoms. The van der Waals surface area contributed by atoms with Gasteiger partial charge in [-0.3, -0.25) is 14.2 Å². The highest BCUT2D eigenvalue weighted by atomic mass is 32.1. The van der Waals surface area contributed by atoms with Gasteiger partial charge in [0.1, 0.15) is 23.1 Å². The summed E-state index contributed by atoms with van der Waals surface area (Å²) in [4.78, 5) is 35.0. The van der Waals surface area contributed by atoms with Crippen LogP contribution in [-0.4, -0.2) is 46.5 Å². The van der Waals surface area contributed by atoms with Gasteiger partial charge in [-0.1, -0.05) is 18.2 Å². The number of anilines is 1. The Morgan fingerprint density at radius 2 is 1.94 bits per heavy atom. The highest BCUT2D eigenvalue weighted by Crippen LogP contribution is 2.29. The van der Waals surface area contributed by atoms with Crippen molar-refractivity contribution in [3.8, 4) is 6.07 Å². The molecule has 170 valence electrons. The third kappa shape index (κ3) is 3.93. The predicted octanol–water partition coefficient (Wildman–Crippen LogP) is 3.48. The lowest BCUT2D eigenvalue weighted by Gasteiger charge is -2.36. The van der Waals surface area contributed by atoms with Crippen LogP contribution in [0.1, 0.15) is 20.8 Å². The number of rotatable bonds is 4. The van der Waals surface area contributed by atoms with Crippen molar-refractivity contribution in [1.82, 2.24) is 14.5 Å². The zero-order chi connectivity index (χ0) is 23.7. The number of pyridine rings is 2. The number of benzene rings is 1. The van der Waals surface area contributed by atoms with Crippen LogP contribution in [0.15, 0.2) is 64.9 Å². The fourth-order valence-corrected chi connectivity index (χ4v) is 5.04. The van der Waals surface area contributed by atoms with Gasteiger partial charge in [0.2, 0.25) is 0 Å². The van der Waals surface area contributed by atoms with Crippen molar-refractivity contribution < 1.29 is 9.18 Å². The lowest BCUT2D eigenvalue weighted by molar-refractivity contribution is 0.0751. The maximum absolute atomic E-state index is 13.7. The van der Waals surface area contributed by atoms with E-state index in [0.717, 1.165) is 0 Å². The van der Waals surface area contributed by atoms with E-state index in [0.29, 0.717) is 53.3 Å². The Morgan fingerprint density at radius 3 is 2.65 bits per heavy atom. The number of halogens is 1. The summed E-state index contributed by atoms with van der Waals surface area (Å²) < 4.78 is 15.1. The Balaban J connectivity index is 1.52. The van der Waals surface area contributed by atoms with E-state index in [-0.39, 0.29) is 18.0 Å². The van der Waals surface area contributed by atoms with Crippen molar-refractivity contribution in [2.45, 2.75) is 6.54 Å². The minimum absolute atomic E-state index is 0.00723. The fraction of sp³-hybridized carbons (Fsp3) is 0.200. The fourth-order valence-electron chi connectivity index (χ4n) is 4.35. The Morgan fingerprint density at radius 1 is 1.12 bits per heavy atom. The molecular weight excluding hydrogens is 453 g/mol. The summed E-state index contributed by atoms with van der Waals surface area (Å²) in [5.41, 5.74) is 1.13. The molecule has 1 aromatic carbocycles. The SMILES string of the molecule is N#Cc1c(N2CCN(C(=O)c3cccs3)CC2)c2cccnc2n(Cc2cccc(F)c2)c1=O. The second-order valence-electron chi connectivity index (χ2n) is 7.99. The molecule has 1 fully saturated rings. The van der Waals surface area contributed by atoms with Gasteiger partial charge in [-0.05, 0) is 41.3 Å². The van der Waals surface area contributed by atoms with Crippen molar-refractivity contribution in [2.75, 3.05) is 31.1 Å². The van der Waals surface area contributed by atoms with Gasteiger partial charge in [-0.2, -0.15) is 5.26 Å². The van der Waals surface area contributed by atoms with Crippen molar-refractivity contribution in [2.24, 2.45) is 0 Å². The minimum Gasteiger partial charge on any atom is -0.366 e. The number of nitriles is 1. The number of nitrogens with zero attached hydrogens (tertiary/aromatic N) is 5. The summed E-state index contributed by atoms with van der Waals surface area (Å²) in [6.45, 7) is 2.04. The van der Waals surface area contributed by atoms with Crippen LogP contribution in [0, 0.1) is 17.1 Å². The summed E-state index contributed by atoms with van der Waals surface area (Å²) in [7, 11) is 0. The molecule has 0 bridgehead atoms. The molecule has 0 radical (unpaired) electrons. The largest absolute Gasteiger partial charge is 0.366 e. The molecule has 4 aromatic rings. The summed E-state index contributed by atoms with van der Waals surface area (Å²) in [6.07, 6.45) is 1.59. The highest BCUT2D eigenvalue weighted by Gasteiger charge is 2.27. The van der Waals surface area contributed by atoms with Gasteiger partial charge in [0.15, 0.2) is 0 Å². The second-order valence-corrected chi connectivity index (χ2v) is 8.94. The molecule has 1 aliphatic rings. The van der Waals surface area contributed by atoms with Gasteiger partial charge in [0, 0.05) is 37.8 Å². The van der Waals surface area contributed by atoms with Crippen LogP contribution in [-0.2, 0) is 6.54 Å². The van der Waals surface area contributed by atoms with Crippen molar-refractivity contribution >= 4 is 34.0 Å². The van der Waals surface area contributed by atoms with E-state index in [1.54, 1.807) is 29.3 Å². The van der Waals surface area contributed by atoms with Crippen LogP contribution in [0.4, 0.5) is 10.1 Å². The first-order valence-corrected chi connectivity index (χ1v) is 11.7. The van der Waals surface area contributed by atoms with Crippen LogP contribution >= 0.6 is 11.3 Å². The van der Waals surface area contributed by atoms with Gasteiger partial charge < -0.3 is 9.80 Å². The molecule has 0 N–H and O–H groups in total. The zero-order valence-corrected chi connectivity index (χ0v) is 19.0. The molecule has 1 aliphatic heterocycles. The van der Waals surface area contributed by atoms with Crippen molar-refractivity contribution in [3.63, 3.8) is 0 Å². The number of fused-ring (bicyclic) bond motifs is 1. The Kier molecular flexibility index (Phi) is 5.82. The third-order valence-corrected chi connectivity index (χ3v) is 6.81. The lowest BCUT2D eigenvalue weighted by Crippen LogP contribution is -2.49. The molecule has 5 rings (SSSR count). The van der Waals surface area contributed by atoms with Gasteiger partial charge in [-0.15, -0.1) is 11.3 Å². The number of hydrogen-bond acceptors (Lipinski definition) is 6. The highest BCUT2D eigenvalue weighted by molar-refractivity contribution is 7.12. The summed E-state index contributed by atoms with van der Waals surface area (Å²) in [5.74, 6) is -0.401. The third-order valence-electron chi connectivity index (χ3n) is 5.95. The van der Waals surface area contributed by atoms with E-state index in [1.807, 2.05) is 28.5 Å². The molecule has 9 heteroatoms. The van der Waals surface area contributed by atoms with E-state index in [4.69, 9.17) is 0 Å². The monoisotopic (exact) mass is 473 g/mol. The average Bonchev–Trinajstić information content (AvgIpc) is 3.40.